The maximum atomic E-state index is 12.5. The van der Waals surface area contributed by atoms with Crippen LogP contribution in [0, 0.1) is 35.5 Å². The molecule has 1 aliphatic carbocycles. The van der Waals surface area contributed by atoms with Gasteiger partial charge >= 0.3 is 11.9 Å². The van der Waals surface area contributed by atoms with E-state index in [1.165, 1.54) is 19.3 Å². The minimum Gasteiger partial charge on any atom is -0.462 e. The lowest BCUT2D eigenvalue weighted by Crippen LogP contribution is -2.54. The Morgan fingerprint density at radius 3 is 2.56 bits per heavy atom. The van der Waals surface area contributed by atoms with Crippen LogP contribution in [0.15, 0.2) is 0 Å². The Morgan fingerprint density at radius 1 is 1.04 bits per heavy atom. The number of carbonyl (C=O) groups excluding carboxylic acids is 2. The molecule has 1 saturated carbocycles. The highest BCUT2D eigenvalue weighted by Gasteiger charge is 2.63. The molecule has 0 N–H and O–H groups in total. The number of rotatable bonds is 2. The molecule has 0 unspecified atom stereocenters. The summed E-state index contributed by atoms with van der Waals surface area (Å²) in [6, 6.07) is 0.865. The second-order valence-corrected chi connectivity index (χ2v) is 9.81. The number of nitrogens with zero attached hydrogens (tertiary/aromatic N) is 1. The van der Waals surface area contributed by atoms with Gasteiger partial charge in [0.2, 0.25) is 0 Å². The van der Waals surface area contributed by atoms with Crippen LogP contribution >= 0.6 is 0 Å². The molecule has 4 heterocycles. The summed E-state index contributed by atoms with van der Waals surface area (Å²) in [6.07, 6.45) is 6.87. The van der Waals surface area contributed by atoms with E-state index < -0.39 is 0 Å². The minimum atomic E-state index is -0.0294. The van der Waals surface area contributed by atoms with Crippen molar-refractivity contribution in [3.8, 4) is 0 Å². The van der Waals surface area contributed by atoms with Crippen molar-refractivity contribution in [2.45, 2.75) is 83.6 Å². The van der Waals surface area contributed by atoms with Crippen molar-refractivity contribution < 1.29 is 19.1 Å². The highest BCUT2D eigenvalue weighted by molar-refractivity contribution is 5.75. The molecule has 0 radical (unpaired) electrons. The predicted molar refractivity (Wildman–Crippen MR) is 99.7 cm³/mol. The van der Waals surface area contributed by atoms with Crippen LogP contribution in [0.1, 0.15) is 59.3 Å². The van der Waals surface area contributed by atoms with E-state index in [1.54, 1.807) is 0 Å². The van der Waals surface area contributed by atoms with E-state index in [4.69, 9.17) is 9.47 Å². The van der Waals surface area contributed by atoms with E-state index in [1.807, 2.05) is 6.92 Å². The molecule has 5 heteroatoms. The van der Waals surface area contributed by atoms with Gasteiger partial charge in [0, 0.05) is 23.9 Å². The van der Waals surface area contributed by atoms with Crippen LogP contribution in [-0.2, 0) is 19.1 Å². The van der Waals surface area contributed by atoms with Gasteiger partial charge in [0.1, 0.15) is 12.2 Å². The molecule has 0 aromatic heterocycles. The summed E-state index contributed by atoms with van der Waals surface area (Å²) >= 11 is 0. The molecule has 5 fully saturated rings. The quantitative estimate of drug-likeness (QED) is 0.695. The second-order valence-electron chi connectivity index (χ2n) is 9.81. The number of ether oxygens (including phenoxy) is 2. The summed E-state index contributed by atoms with van der Waals surface area (Å²) in [5.74, 6) is 1.94. The Morgan fingerprint density at radius 2 is 1.85 bits per heavy atom. The van der Waals surface area contributed by atoms with Crippen molar-refractivity contribution >= 4 is 11.9 Å². The molecule has 5 nitrogen and oxygen atoms in total. The van der Waals surface area contributed by atoms with Crippen LogP contribution in [0.4, 0.5) is 0 Å². The first kappa shape index (κ1) is 18.0. The average Bonchev–Trinajstić information content (AvgIpc) is 3.20. The lowest BCUT2D eigenvalue weighted by atomic mass is 9.60. The van der Waals surface area contributed by atoms with Crippen LogP contribution in [0.3, 0.4) is 0 Å². The molecular weight excluding hydrogens is 342 g/mol. The number of esters is 2. The van der Waals surface area contributed by atoms with Gasteiger partial charge in [0.15, 0.2) is 0 Å². The summed E-state index contributed by atoms with van der Waals surface area (Å²) in [5, 5.41) is 0. The van der Waals surface area contributed by atoms with Gasteiger partial charge in [-0.05, 0) is 50.5 Å². The van der Waals surface area contributed by atoms with Crippen LogP contribution in [0.25, 0.3) is 0 Å². The first-order valence-corrected chi connectivity index (χ1v) is 11.2. The van der Waals surface area contributed by atoms with Gasteiger partial charge in [-0.15, -0.1) is 0 Å². The van der Waals surface area contributed by atoms with Crippen molar-refractivity contribution in [3.63, 3.8) is 0 Å². The molecule has 0 spiro atoms. The number of hydrogen-bond donors (Lipinski definition) is 0. The lowest BCUT2D eigenvalue weighted by Gasteiger charge is -2.48. The third-order valence-corrected chi connectivity index (χ3v) is 8.61. The zero-order chi connectivity index (χ0) is 18.9. The minimum absolute atomic E-state index is 0.00362. The Labute approximate surface area is 162 Å². The zero-order valence-electron chi connectivity index (χ0n) is 16.8. The molecule has 5 rings (SSSR count). The Kier molecular flexibility index (Phi) is 4.30. The number of carbonyl (C=O) groups is 2. The monoisotopic (exact) mass is 375 g/mol. The standard InChI is InChI=1S/C22H33NO4/c1-4-13-14-7-5-6-8-23-16(17-9-11(2)21(24)26-17)10-15(19(14)23)18-12(3)22(25)27-20(13)18/h11-20H,4-10H2,1-3H3/t11-,12+,13-,14-,15+,16+,17-,18+,19-,20-/m1/s1. The Balaban J connectivity index is 1.51. The molecular formula is C22H33NO4. The maximum absolute atomic E-state index is 12.5. The fourth-order valence-corrected chi connectivity index (χ4v) is 7.48. The van der Waals surface area contributed by atoms with Crippen LogP contribution in [0.5, 0.6) is 0 Å². The van der Waals surface area contributed by atoms with E-state index in [-0.39, 0.29) is 36.0 Å². The highest BCUT2D eigenvalue weighted by atomic mass is 16.6. The second kappa shape index (κ2) is 6.47. The number of fused-ring (bicyclic) bond motifs is 2. The fraction of sp³-hybridized carbons (Fsp3) is 0.909. The van der Waals surface area contributed by atoms with Crippen LogP contribution in [-0.4, -0.2) is 47.7 Å². The molecule has 0 aromatic rings. The summed E-state index contributed by atoms with van der Waals surface area (Å²) in [6.45, 7) is 7.44. The fourth-order valence-electron chi connectivity index (χ4n) is 7.48. The molecule has 27 heavy (non-hydrogen) atoms. The van der Waals surface area contributed by atoms with Crippen LogP contribution < -0.4 is 0 Å². The molecule has 0 aromatic carbocycles. The molecule has 4 aliphatic heterocycles. The predicted octanol–water partition coefficient (Wildman–Crippen LogP) is 3.01. The third-order valence-electron chi connectivity index (χ3n) is 8.61. The Hall–Kier alpha value is -1.10. The molecule has 0 amide bonds. The largest absolute Gasteiger partial charge is 0.462 e. The number of cyclic esters (lactones) is 1. The van der Waals surface area contributed by atoms with Crippen molar-refractivity contribution in [2.75, 3.05) is 6.54 Å². The first-order valence-electron chi connectivity index (χ1n) is 11.2. The van der Waals surface area contributed by atoms with Gasteiger partial charge in [-0.25, -0.2) is 0 Å². The van der Waals surface area contributed by atoms with Gasteiger partial charge in [-0.3, -0.25) is 14.5 Å². The van der Waals surface area contributed by atoms with Crippen molar-refractivity contribution in [1.29, 1.82) is 0 Å². The average molecular weight is 376 g/mol. The van der Waals surface area contributed by atoms with Gasteiger partial charge in [0.05, 0.1) is 11.8 Å². The first-order chi connectivity index (χ1) is 13.0. The lowest BCUT2D eigenvalue weighted by molar-refractivity contribution is -0.148. The van der Waals surface area contributed by atoms with Gasteiger partial charge in [-0.1, -0.05) is 27.2 Å². The summed E-state index contributed by atoms with van der Waals surface area (Å²) in [4.78, 5) is 27.3. The smallest absolute Gasteiger partial charge is 0.309 e. The van der Waals surface area contributed by atoms with Gasteiger partial charge in [-0.2, -0.15) is 0 Å². The highest BCUT2D eigenvalue weighted by Crippen LogP contribution is 2.57. The molecule has 0 bridgehead atoms. The topological polar surface area (TPSA) is 55.8 Å². The maximum Gasteiger partial charge on any atom is 0.309 e. The molecule has 4 saturated heterocycles. The molecule has 150 valence electrons. The summed E-state index contributed by atoms with van der Waals surface area (Å²) in [5.41, 5.74) is 0. The normalized spacial score (nSPS) is 52.1. The van der Waals surface area contributed by atoms with E-state index in [9.17, 15) is 9.59 Å². The van der Waals surface area contributed by atoms with Crippen molar-refractivity contribution in [2.24, 2.45) is 35.5 Å². The molecule has 10 atom stereocenters. The third kappa shape index (κ3) is 2.53. The van der Waals surface area contributed by atoms with E-state index >= 15 is 0 Å². The van der Waals surface area contributed by atoms with E-state index in [0.717, 1.165) is 25.8 Å². The number of hydrogen-bond acceptors (Lipinski definition) is 5. The summed E-state index contributed by atoms with van der Waals surface area (Å²) in [7, 11) is 0. The van der Waals surface area contributed by atoms with Gasteiger partial charge in [0.25, 0.3) is 0 Å². The van der Waals surface area contributed by atoms with Crippen LogP contribution in [0.2, 0.25) is 0 Å². The van der Waals surface area contributed by atoms with E-state index in [2.05, 4.69) is 18.7 Å². The molecule has 5 aliphatic rings. The zero-order valence-corrected chi connectivity index (χ0v) is 16.8. The Bertz CT molecular complexity index is 636. The van der Waals surface area contributed by atoms with Crippen molar-refractivity contribution in [1.82, 2.24) is 4.90 Å². The SMILES string of the molecule is CC[C@@H]1[C@H]2CCCCN3[C@H]2[C@@H](C[C@H]3[C@H]2C[C@@H](C)C(=O)O2)[C@H]2[C@@H]1OC(=O)[C@H]2C. The van der Waals surface area contributed by atoms with Gasteiger partial charge < -0.3 is 9.47 Å². The van der Waals surface area contributed by atoms with Crippen molar-refractivity contribution in [3.05, 3.63) is 0 Å². The summed E-state index contributed by atoms with van der Waals surface area (Å²) < 4.78 is 11.8. The van der Waals surface area contributed by atoms with E-state index in [0.29, 0.717) is 35.8 Å².